The van der Waals surface area contributed by atoms with E-state index in [1.807, 2.05) is 6.92 Å². The third kappa shape index (κ3) is 4.65. The smallest absolute Gasteiger partial charge is 0.325 e. The third-order valence-electron chi connectivity index (χ3n) is 4.63. The molecule has 1 aromatic heterocycles. The van der Waals surface area contributed by atoms with Crippen LogP contribution in [0, 0.1) is 6.92 Å². The number of aromatic nitrogens is 1. The van der Waals surface area contributed by atoms with E-state index in [1.165, 1.54) is 0 Å². The van der Waals surface area contributed by atoms with Crippen LogP contribution in [0.25, 0.3) is 0 Å². The molecule has 3 rings (SSSR count). The second kappa shape index (κ2) is 8.22. The summed E-state index contributed by atoms with van der Waals surface area (Å²) in [6.45, 7) is 3.69. The molecule has 2 heterocycles. The number of benzene rings is 1. The average molecular weight is 372 g/mol. The van der Waals surface area contributed by atoms with Crippen LogP contribution in [0.5, 0.6) is 0 Å². The number of amides is 2. The van der Waals surface area contributed by atoms with E-state index in [0.29, 0.717) is 23.6 Å². The number of likely N-dealkylation sites (N-methyl/N-ethyl adjacent to an activating group) is 1. The van der Waals surface area contributed by atoms with Gasteiger partial charge in [0.25, 0.3) is 0 Å². The number of carboxylic acids is 1. The maximum absolute atomic E-state index is 12.2. The number of hydrogen-bond acceptors (Lipinski definition) is 5. The fraction of sp³-hybridized carbons (Fsp3) is 0.421. The van der Waals surface area contributed by atoms with Gasteiger partial charge in [0.05, 0.1) is 12.2 Å². The van der Waals surface area contributed by atoms with Gasteiger partial charge in [0, 0.05) is 24.8 Å². The Hall–Kier alpha value is -2.87. The predicted octanol–water partition coefficient (Wildman–Crippen LogP) is 2.87. The maximum atomic E-state index is 12.2. The van der Waals surface area contributed by atoms with Gasteiger partial charge in [-0.05, 0) is 44.5 Å². The Morgan fingerprint density at radius 2 is 1.96 bits per heavy atom. The maximum Gasteiger partial charge on any atom is 0.325 e. The average Bonchev–Trinajstić information content (AvgIpc) is 3.28. The lowest BCUT2D eigenvalue weighted by molar-refractivity contribution is -0.143. The molecular weight excluding hydrogens is 348 g/mol. The van der Waals surface area contributed by atoms with Crippen LogP contribution in [-0.4, -0.2) is 52.2 Å². The topological polar surface area (TPSA) is 98.9 Å². The molecule has 1 aliphatic heterocycles. The van der Waals surface area contributed by atoms with E-state index in [9.17, 15) is 14.7 Å². The largest absolute Gasteiger partial charge is 0.480 e. The fourth-order valence-corrected chi connectivity index (χ4v) is 3.29. The summed E-state index contributed by atoms with van der Waals surface area (Å²) < 4.78 is 5.18. The first-order valence-corrected chi connectivity index (χ1v) is 8.95. The summed E-state index contributed by atoms with van der Waals surface area (Å²) >= 11 is 0. The summed E-state index contributed by atoms with van der Waals surface area (Å²) in [5.74, 6) is -0.349. The number of nitrogens with zero attached hydrogens (tertiary/aromatic N) is 3. The molecule has 144 valence electrons. The van der Waals surface area contributed by atoms with Crippen molar-refractivity contribution in [3.8, 4) is 0 Å². The van der Waals surface area contributed by atoms with Crippen LogP contribution in [0.2, 0.25) is 0 Å². The van der Waals surface area contributed by atoms with E-state index in [1.54, 1.807) is 47.2 Å². The second-order valence-electron chi connectivity index (χ2n) is 6.84. The Balaban J connectivity index is 1.68. The van der Waals surface area contributed by atoms with Crippen LogP contribution in [0.4, 0.5) is 10.5 Å². The molecule has 1 fully saturated rings. The van der Waals surface area contributed by atoms with E-state index in [-0.39, 0.29) is 6.03 Å². The van der Waals surface area contributed by atoms with E-state index in [4.69, 9.17) is 4.52 Å². The Morgan fingerprint density at radius 3 is 2.52 bits per heavy atom. The zero-order valence-corrected chi connectivity index (χ0v) is 15.5. The molecule has 8 heteroatoms. The highest BCUT2D eigenvalue weighted by Gasteiger charge is 2.26. The number of carboxylic acid groups (broad SMARTS) is 1. The van der Waals surface area contributed by atoms with Crippen molar-refractivity contribution in [2.75, 3.05) is 25.5 Å². The molecule has 1 atom stereocenters. The van der Waals surface area contributed by atoms with E-state index in [0.717, 1.165) is 31.6 Å². The minimum absolute atomic E-state index is 0.118. The van der Waals surface area contributed by atoms with Gasteiger partial charge in [0.2, 0.25) is 0 Å². The predicted molar refractivity (Wildman–Crippen MR) is 99.4 cm³/mol. The number of aliphatic carboxylic acids is 1. The number of hydrogen-bond donors (Lipinski definition) is 2. The first kappa shape index (κ1) is 18.9. The number of carbonyl (C=O) groups excluding carboxylic acids is 1. The van der Waals surface area contributed by atoms with Gasteiger partial charge in [-0.15, -0.1) is 0 Å². The summed E-state index contributed by atoms with van der Waals surface area (Å²) in [6.07, 6.45) is 2.06. The number of nitrogens with one attached hydrogen (secondary N) is 1. The van der Waals surface area contributed by atoms with Gasteiger partial charge in [0.1, 0.15) is 6.04 Å². The monoisotopic (exact) mass is 372 g/mol. The Morgan fingerprint density at radius 1 is 1.30 bits per heavy atom. The molecule has 1 unspecified atom stereocenters. The molecule has 27 heavy (non-hydrogen) atoms. The molecule has 0 saturated carbocycles. The zero-order chi connectivity index (χ0) is 19.4. The molecule has 2 amide bonds. The van der Waals surface area contributed by atoms with Crippen molar-refractivity contribution < 1.29 is 19.2 Å². The lowest BCUT2D eigenvalue weighted by Crippen LogP contribution is -2.32. The van der Waals surface area contributed by atoms with Gasteiger partial charge >= 0.3 is 12.0 Å². The summed E-state index contributed by atoms with van der Waals surface area (Å²) in [4.78, 5) is 27.4. The van der Waals surface area contributed by atoms with Crippen molar-refractivity contribution in [1.82, 2.24) is 15.0 Å². The van der Waals surface area contributed by atoms with Crippen molar-refractivity contribution in [3.05, 3.63) is 47.3 Å². The molecule has 0 bridgehead atoms. The van der Waals surface area contributed by atoms with E-state index >= 15 is 0 Å². The van der Waals surface area contributed by atoms with Crippen molar-refractivity contribution >= 4 is 17.7 Å². The molecule has 2 aromatic rings. The molecule has 0 aliphatic carbocycles. The lowest BCUT2D eigenvalue weighted by Gasteiger charge is -2.24. The van der Waals surface area contributed by atoms with Crippen molar-refractivity contribution in [1.29, 1.82) is 0 Å². The van der Waals surface area contributed by atoms with Crippen LogP contribution >= 0.6 is 0 Å². The summed E-state index contributed by atoms with van der Waals surface area (Å²) in [5, 5.41) is 16.4. The summed E-state index contributed by atoms with van der Waals surface area (Å²) in [6, 6.07) is 7.73. The molecule has 0 spiro atoms. The van der Waals surface area contributed by atoms with E-state index < -0.39 is 12.0 Å². The molecule has 2 N–H and O–H groups in total. The minimum atomic E-state index is -0.956. The number of carbonyl (C=O) groups is 2. The highest BCUT2D eigenvalue weighted by Crippen LogP contribution is 2.24. The van der Waals surface area contributed by atoms with Crippen LogP contribution in [0.3, 0.4) is 0 Å². The minimum Gasteiger partial charge on any atom is -0.480 e. The van der Waals surface area contributed by atoms with Gasteiger partial charge in [-0.3, -0.25) is 9.69 Å². The second-order valence-corrected chi connectivity index (χ2v) is 6.84. The van der Waals surface area contributed by atoms with Crippen LogP contribution in [0.1, 0.15) is 35.9 Å². The Bertz CT molecular complexity index is 796. The summed E-state index contributed by atoms with van der Waals surface area (Å²) in [7, 11) is 1.72. The third-order valence-corrected chi connectivity index (χ3v) is 4.63. The number of anilines is 1. The number of urea groups is 1. The van der Waals surface area contributed by atoms with Gasteiger partial charge < -0.3 is 19.8 Å². The van der Waals surface area contributed by atoms with Gasteiger partial charge in [-0.2, -0.15) is 0 Å². The fourth-order valence-electron chi connectivity index (χ4n) is 3.29. The highest BCUT2D eigenvalue weighted by atomic mass is 16.5. The lowest BCUT2D eigenvalue weighted by atomic mass is 10.1. The molecule has 1 aliphatic rings. The Kier molecular flexibility index (Phi) is 5.75. The highest BCUT2D eigenvalue weighted by molar-refractivity contribution is 5.89. The first-order valence-electron chi connectivity index (χ1n) is 8.95. The van der Waals surface area contributed by atoms with E-state index in [2.05, 4.69) is 10.5 Å². The SMILES string of the molecule is Cc1cc(CN(C)C(C(=O)O)c2ccc(NC(=O)N3CCCC3)cc2)on1. The standard InChI is InChI=1S/C19H24N4O4/c1-13-11-16(27-21-13)12-22(2)17(18(24)25)14-5-7-15(8-6-14)20-19(26)23-9-3-4-10-23/h5-8,11,17H,3-4,9-10,12H2,1-2H3,(H,20,26)(H,24,25). The normalized spacial score (nSPS) is 15.1. The van der Waals surface area contributed by atoms with Gasteiger partial charge in [0.15, 0.2) is 5.76 Å². The number of aryl methyl sites for hydroxylation is 1. The quantitative estimate of drug-likeness (QED) is 0.809. The van der Waals surface area contributed by atoms with Gasteiger partial charge in [-0.25, -0.2) is 4.79 Å². The molecule has 1 saturated heterocycles. The van der Waals surface area contributed by atoms with Crippen molar-refractivity contribution in [2.45, 2.75) is 32.4 Å². The molecule has 1 aromatic carbocycles. The molecular formula is C19H24N4O4. The number of likely N-dealkylation sites (tertiary alicyclic amines) is 1. The molecule has 8 nitrogen and oxygen atoms in total. The Labute approximate surface area is 157 Å². The summed E-state index contributed by atoms with van der Waals surface area (Å²) in [5.41, 5.74) is 2.03. The zero-order valence-electron chi connectivity index (χ0n) is 15.5. The first-order chi connectivity index (χ1) is 12.9. The van der Waals surface area contributed by atoms with Crippen molar-refractivity contribution in [2.24, 2.45) is 0 Å². The number of rotatable bonds is 6. The van der Waals surface area contributed by atoms with Crippen LogP contribution in [0.15, 0.2) is 34.9 Å². The van der Waals surface area contributed by atoms with Crippen molar-refractivity contribution in [3.63, 3.8) is 0 Å². The van der Waals surface area contributed by atoms with Crippen LogP contribution in [-0.2, 0) is 11.3 Å². The van der Waals surface area contributed by atoms with Gasteiger partial charge in [-0.1, -0.05) is 17.3 Å². The van der Waals surface area contributed by atoms with Crippen LogP contribution < -0.4 is 5.32 Å². The molecule has 0 radical (unpaired) electrons.